The zero-order valence-corrected chi connectivity index (χ0v) is 24.0. The molecule has 0 saturated carbocycles. The summed E-state index contributed by atoms with van der Waals surface area (Å²) in [6, 6.07) is -3.31. The lowest BCUT2D eigenvalue weighted by atomic mass is 9.96. The molecule has 40 heavy (non-hydrogen) atoms. The third kappa shape index (κ3) is 6.82. The Morgan fingerprint density at radius 3 is 2.23 bits per heavy atom. The van der Waals surface area contributed by atoms with Crippen molar-refractivity contribution in [2.75, 3.05) is 26.7 Å². The van der Waals surface area contributed by atoms with Crippen molar-refractivity contribution in [1.82, 2.24) is 25.3 Å². The van der Waals surface area contributed by atoms with Gasteiger partial charge in [-0.15, -0.1) is 6.58 Å². The maximum Gasteiger partial charge on any atom is 0.308 e. The third-order valence-electron chi connectivity index (χ3n) is 8.30. The predicted molar refractivity (Wildman–Crippen MR) is 145 cm³/mol. The minimum atomic E-state index is -1.16. The van der Waals surface area contributed by atoms with E-state index in [0.29, 0.717) is 45.2 Å². The minimum Gasteiger partial charge on any atom is -0.452 e. The summed E-state index contributed by atoms with van der Waals surface area (Å²) < 4.78 is 5.45. The van der Waals surface area contributed by atoms with Crippen LogP contribution in [0.25, 0.3) is 0 Å². The van der Waals surface area contributed by atoms with Crippen LogP contribution >= 0.6 is 0 Å². The van der Waals surface area contributed by atoms with Crippen LogP contribution in [0.2, 0.25) is 0 Å². The molecule has 6 atom stereocenters. The van der Waals surface area contributed by atoms with E-state index in [1.807, 2.05) is 13.8 Å². The molecule has 0 aromatic carbocycles. The number of hydrogen-bond acceptors (Lipinski definition) is 7. The van der Waals surface area contributed by atoms with Crippen molar-refractivity contribution in [2.24, 2.45) is 5.92 Å². The molecule has 0 spiro atoms. The van der Waals surface area contributed by atoms with E-state index in [-0.39, 0.29) is 37.1 Å². The SMILES string of the molecule is C=CCC1OC(=O)CCNC(=O)[C@H](C)N(C)C(=O)[C@@H]2CCCN2C(=O)[C@H]([C@@H](C)CC)NC(=O)[C@@H]2CCCN2C1=O. The number of amides is 5. The van der Waals surface area contributed by atoms with Crippen LogP contribution in [-0.2, 0) is 33.5 Å². The van der Waals surface area contributed by atoms with Crippen LogP contribution in [0.5, 0.6) is 0 Å². The van der Waals surface area contributed by atoms with Gasteiger partial charge < -0.3 is 30.1 Å². The molecular formula is C28H43N5O7. The molecule has 2 N–H and O–H groups in total. The second kappa shape index (κ2) is 13.8. The number of nitrogens with one attached hydrogen (secondary N) is 2. The molecule has 0 bridgehead atoms. The van der Waals surface area contributed by atoms with Gasteiger partial charge in [-0.25, -0.2) is 0 Å². The molecule has 5 amide bonds. The van der Waals surface area contributed by atoms with Gasteiger partial charge in [0.2, 0.25) is 23.6 Å². The van der Waals surface area contributed by atoms with E-state index in [1.165, 1.54) is 27.8 Å². The molecule has 3 heterocycles. The Bertz CT molecular complexity index is 1020. The van der Waals surface area contributed by atoms with Crippen LogP contribution < -0.4 is 10.6 Å². The van der Waals surface area contributed by atoms with Gasteiger partial charge in [0.15, 0.2) is 6.10 Å². The van der Waals surface area contributed by atoms with Crippen molar-refractivity contribution < 1.29 is 33.5 Å². The van der Waals surface area contributed by atoms with Gasteiger partial charge in [-0.3, -0.25) is 28.8 Å². The van der Waals surface area contributed by atoms with Crippen LogP contribution in [0.1, 0.15) is 65.7 Å². The van der Waals surface area contributed by atoms with Crippen LogP contribution in [0, 0.1) is 5.92 Å². The summed E-state index contributed by atoms with van der Waals surface area (Å²) in [5.41, 5.74) is 0. The summed E-state index contributed by atoms with van der Waals surface area (Å²) >= 11 is 0. The molecule has 0 aromatic heterocycles. The Kier molecular flexibility index (Phi) is 10.7. The molecule has 3 aliphatic heterocycles. The molecule has 222 valence electrons. The first kappa shape index (κ1) is 31.1. The van der Waals surface area contributed by atoms with Crippen molar-refractivity contribution >= 4 is 35.5 Å². The smallest absolute Gasteiger partial charge is 0.308 e. The average Bonchev–Trinajstić information content (AvgIpc) is 3.63. The first-order chi connectivity index (χ1) is 19.0. The fourth-order valence-corrected chi connectivity index (χ4v) is 5.49. The highest BCUT2D eigenvalue weighted by molar-refractivity contribution is 5.96. The number of carbonyl (C=O) groups excluding carboxylic acids is 6. The number of ether oxygens (including phenoxy) is 1. The van der Waals surface area contributed by atoms with Gasteiger partial charge in [0.1, 0.15) is 24.2 Å². The summed E-state index contributed by atoms with van der Waals surface area (Å²) in [7, 11) is 1.51. The van der Waals surface area contributed by atoms with Gasteiger partial charge in [0, 0.05) is 33.1 Å². The van der Waals surface area contributed by atoms with E-state index < -0.39 is 54.0 Å². The first-order valence-corrected chi connectivity index (χ1v) is 14.3. The minimum absolute atomic E-state index is 0.0432. The Hall–Kier alpha value is -3.44. The molecular weight excluding hydrogens is 518 g/mol. The van der Waals surface area contributed by atoms with Crippen molar-refractivity contribution in [2.45, 2.75) is 96.0 Å². The fourth-order valence-electron chi connectivity index (χ4n) is 5.49. The number of nitrogens with zero attached hydrogens (tertiary/aromatic N) is 3. The van der Waals surface area contributed by atoms with Gasteiger partial charge >= 0.3 is 5.97 Å². The van der Waals surface area contributed by atoms with Gasteiger partial charge in [0.25, 0.3) is 5.91 Å². The molecule has 3 fully saturated rings. The van der Waals surface area contributed by atoms with Gasteiger partial charge in [-0.1, -0.05) is 26.3 Å². The highest BCUT2D eigenvalue weighted by atomic mass is 16.5. The van der Waals surface area contributed by atoms with Gasteiger partial charge in [-0.05, 0) is 38.5 Å². The topological polar surface area (TPSA) is 145 Å². The Morgan fingerprint density at radius 1 is 0.975 bits per heavy atom. The Labute approximate surface area is 235 Å². The van der Waals surface area contributed by atoms with E-state index in [9.17, 15) is 28.8 Å². The normalized spacial score (nSPS) is 30.4. The zero-order valence-electron chi connectivity index (χ0n) is 24.0. The molecule has 12 heteroatoms. The number of fused-ring (bicyclic) bond motifs is 2. The first-order valence-electron chi connectivity index (χ1n) is 14.3. The highest BCUT2D eigenvalue weighted by Crippen LogP contribution is 2.25. The number of cyclic esters (lactones) is 1. The molecule has 0 aliphatic carbocycles. The standard InChI is InChI=1S/C28H43N5O7/c1-6-10-21-27(38)32-15-8-11-19(32)25(36)30-23(17(3)7-2)28(39)33-16-9-12-20(33)26(37)31(5)18(4)24(35)29-14-13-22(34)40-21/h6,17-21,23H,1,7-16H2,2-5H3,(H,29,35)(H,30,36)/t17-,18-,19-,20-,21?,23-/m0/s1. The second-order valence-electron chi connectivity index (χ2n) is 10.9. The summed E-state index contributed by atoms with van der Waals surface area (Å²) in [5, 5.41) is 5.54. The van der Waals surface area contributed by atoms with Gasteiger partial charge in [-0.2, -0.15) is 0 Å². The van der Waals surface area contributed by atoms with E-state index >= 15 is 0 Å². The van der Waals surface area contributed by atoms with E-state index in [4.69, 9.17) is 4.74 Å². The summed E-state index contributed by atoms with van der Waals surface area (Å²) in [5.74, 6) is -3.03. The van der Waals surface area contributed by atoms with Crippen molar-refractivity contribution in [3.63, 3.8) is 0 Å². The monoisotopic (exact) mass is 561 g/mol. The maximum atomic E-state index is 13.9. The van der Waals surface area contributed by atoms with Crippen LogP contribution in [-0.4, -0.2) is 107 Å². The quantitative estimate of drug-likeness (QED) is 0.372. The average molecular weight is 562 g/mol. The fraction of sp³-hybridized carbons (Fsp3) is 0.714. The summed E-state index contributed by atoms with van der Waals surface area (Å²) in [6.07, 6.45) is 2.87. The van der Waals surface area contributed by atoms with Crippen LogP contribution in [0.15, 0.2) is 12.7 Å². The van der Waals surface area contributed by atoms with Crippen molar-refractivity contribution in [1.29, 1.82) is 0 Å². The van der Waals surface area contributed by atoms with Crippen molar-refractivity contribution in [3.05, 3.63) is 12.7 Å². The number of carbonyl (C=O) groups is 6. The largest absolute Gasteiger partial charge is 0.452 e. The predicted octanol–water partition coefficient (Wildman–Crippen LogP) is 0.354. The Morgan fingerprint density at radius 2 is 1.60 bits per heavy atom. The summed E-state index contributed by atoms with van der Waals surface area (Å²) in [6.45, 7) is 9.64. The van der Waals surface area contributed by atoms with Gasteiger partial charge in [0.05, 0.1) is 6.42 Å². The molecule has 3 rings (SSSR count). The lowest BCUT2D eigenvalue weighted by molar-refractivity contribution is -0.161. The molecule has 0 radical (unpaired) electrons. The van der Waals surface area contributed by atoms with E-state index in [2.05, 4.69) is 17.2 Å². The molecule has 0 aromatic rings. The molecule has 3 aliphatic rings. The number of esters is 1. The van der Waals surface area contributed by atoms with E-state index in [1.54, 1.807) is 6.92 Å². The van der Waals surface area contributed by atoms with Crippen LogP contribution in [0.3, 0.4) is 0 Å². The van der Waals surface area contributed by atoms with E-state index in [0.717, 1.165) is 0 Å². The second-order valence-corrected chi connectivity index (χ2v) is 10.9. The summed E-state index contributed by atoms with van der Waals surface area (Å²) in [4.78, 5) is 83.8. The maximum absolute atomic E-state index is 13.9. The number of rotatable bonds is 4. The third-order valence-corrected chi connectivity index (χ3v) is 8.30. The highest BCUT2D eigenvalue weighted by Gasteiger charge is 2.44. The molecule has 12 nitrogen and oxygen atoms in total. The number of hydrogen-bond donors (Lipinski definition) is 2. The Balaban J connectivity index is 1.96. The number of likely N-dealkylation sites (N-methyl/N-ethyl adjacent to an activating group) is 1. The van der Waals surface area contributed by atoms with Crippen LogP contribution in [0.4, 0.5) is 0 Å². The van der Waals surface area contributed by atoms with Crippen molar-refractivity contribution in [3.8, 4) is 0 Å². The lowest BCUT2D eigenvalue weighted by Gasteiger charge is -2.35. The lowest BCUT2D eigenvalue weighted by Crippen LogP contribution is -2.59. The molecule has 3 saturated heterocycles. The molecule has 1 unspecified atom stereocenters. The zero-order chi connectivity index (χ0) is 29.6.